The Balaban J connectivity index is 2.22. The first-order valence-corrected chi connectivity index (χ1v) is 7.37. The number of hydrogen-bond acceptors (Lipinski definition) is 3. The minimum atomic E-state index is 0.0251. The molecule has 0 spiro atoms. The maximum Gasteiger partial charge on any atom is 0.261 e. The molecule has 0 bridgehead atoms. The predicted molar refractivity (Wildman–Crippen MR) is 80.3 cm³/mol. The Morgan fingerprint density at radius 2 is 2.20 bits per heavy atom. The topological polar surface area (TPSA) is 66.5 Å². The molecule has 0 aromatic carbocycles. The van der Waals surface area contributed by atoms with Crippen molar-refractivity contribution in [2.75, 3.05) is 0 Å². The van der Waals surface area contributed by atoms with Crippen LogP contribution >= 0.6 is 12.2 Å². The van der Waals surface area contributed by atoms with Gasteiger partial charge >= 0.3 is 0 Å². The van der Waals surface area contributed by atoms with Gasteiger partial charge in [-0.05, 0) is 49.0 Å². The number of H-pyrrole nitrogens is 2. The van der Waals surface area contributed by atoms with E-state index in [1.807, 2.05) is 10.6 Å². The molecule has 0 atom stereocenters. The van der Waals surface area contributed by atoms with Crippen LogP contribution in [0.4, 0.5) is 0 Å². The standard InChI is InChI=1S/C14H18N4OS/c1-8(2)7-18-11-5-3-4-9(11)6-10(13(18)19)12-15-14(20)17-16-12/h6,8H,3-5,7H2,1-2H3,(H2,15,16,17,20). The Labute approximate surface area is 122 Å². The average molecular weight is 290 g/mol. The Hall–Kier alpha value is -1.69. The van der Waals surface area contributed by atoms with Crippen molar-refractivity contribution >= 4 is 12.2 Å². The molecule has 0 saturated heterocycles. The van der Waals surface area contributed by atoms with Gasteiger partial charge in [0.1, 0.15) is 0 Å². The van der Waals surface area contributed by atoms with E-state index >= 15 is 0 Å². The van der Waals surface area contributed by atoms with Crippen LogP contribution in [0, 0.1) is 10.7 Å². The number of rotatable bonds is 3. The molecule has 106 valence electrons. The third kappa shape index (κ3) is 2.24. The van der Waals surface area contributed by atoms with Gasteiger partial charge in [0.2, 0.25) is 4.77 Å². The van der Waals surface area contributed by atoms with Crippen LogP contribution in [0.25, 0.3) is 11.4 Å². The lowest BCUT2D eigenvalue weighted by atomic mass is 10.1. The number of aromatic nitrogens is 4. The molecule has 2 N–H and O–H groups in total. The van der Waals surface area contributed by atoms with E-state index in [4.69, 9.17) is 12.2 Å². The molecule has 20 heavy (non-hydrogen) atoms. The van der Waals surface area contributed by atoms with Gasteiger partial charge in [-0.25, -0.2) is 0 Å². The molecule has 5 nitrogen and oxygen atoms in total. The van der Waals surface area contributed by atoms with E-state index in [1.54, 1.807) is 0 Å². The average Bonchev–Trinajstić information content (AvgIpc) is 3.00. The van der Waals surface area contributed by atoms with E-state index in [0.29, 0.717) is 22.1 Å². The number of hydrogen-bond donors (Lipinski definition) is 2. The molecule has 0 saturated carbocycles. The fourth-order valence-corrected chi connectivity index (χ4v) is 2.99. The van der Waals surface area contributed by atoms with Crippen molar-refractivity contribution in [3.63, 3.8) is 0 Å². The lowest BCUT2D eigenvalue weighted by Crippen LogP contribution is -2.27. The normalized spacial score (nSPS) is 13.9. The molecular weight excluding hydrogens is 272 g/mol. The summed E-state index contributed by atoms with van der Waals surface area (Å²) in [5.41, 5.74) is 3.10. The minimum Gasteiger partial charge on any atom is -0.311 e. The van der Waals surface area contributed by atoms with Gasteiger partial charge < -0.3 is 4.57 Å². The summed E-state index contributed by atoms with van der Waals surface area (Å²) in [7, 11) is 0. The summed E-state index contributed by atoms with van der Waals surface area (Å²) in [5, 5.41) is 5.63. The van der Waals surface area contributed by atoms with E-state index in [0.717, 1.165) is 25.8 Å². The summed E-state index contributed by atoms with van der Waals surface area (Å²) in [6.45, 7) is 5.01. The highest BCUT2D eigenvalue weighted by Gasteiger charge is 2.21. The lowest BCUT2D eigenvalue weighted by molar-refractivity contribution is 0.498. The van der Waals surface area contributed by atoms with Gasteiger partial charge in [-0.3, -0.25) is 15.0 Å². The molecule has 1 aliphatic rings. The van der Waals surface area contributed by atoms with Crippen LogP contribution in [0.5, 0.6) is 0 Å². The van der Waals surface area contributed by atoms with Crippen molar-refractivity contribution < 1.29 is 0 Å². The van der Waals surface area contributed by atoms with Crippen LogP contribution in [0.15, 0.2) is 10.9 Å². The fourth-order valence-electron chi connectivity index (χ4n) is 2.84. The van der Waals surface area contributed by atoms with Gasteiger partial charge in [-0.15, -0.1) is 0 Å². The minimum absolute atomic E-state index is 0.0251. The Bertz CT molecular complexity index is 753. The monoisotopic (exact) mass is 290 g/mol. The second kappa shape index (κ2) is 5.01. The number of nitrogens with one attached hydrogen (secondary N) is 2. The first kappa shape index (κ1) is 13.3. The zero-order valence-electron chi connectivity index (χ0n) is 11.7. The number of nitrogens with zero attached hydrogens (tertiary/aromatic N) is 2. The van der Waals surface area contributed by atoms with Crippen LogP contribution in [0.2, 0.25) is 0 Å². The Morgan fingerprint density at radius 1 is 1.40 bits per heavy atom. The van der Waals surface area contributed by atoms with Gasteiger partial charge in [0.15, 0.2) is 5.82 Å². The number of pyridine rings is 1. The third-order valence-corrected chi connectivity index (χ3v) is 3.85. The van der Waals surface area contributed by atoms with Gasteiger partial charge in [-0.1, -0.05) is 13.8 Å². The highest BCUT2D eigenvalue weighted by Crippen LogP contribution is 2.24. The van der Waals surface area contributed by atoms with Gasteiger partial charge in [-0.2, -0.15) is 4.98 Å². The second-order valence-corrected chi connectivity index (χ2v) is 6.10. The van der Waals surface area contributed by atoms with Crippen LogP contribution in [-0.2, 0) is 19.4 Å². The maximum atomic E-state index is 12.7. The summed E-state index contributed by atoms with van der Waals surface area (Å²) >= 11 is 4.97. The van der Waals surface area contributed by atoms with Crippen LogP contribution in [-0.4, -0.2) is 19.7 Å². The summed E-state index contributed by atoms with van der Waals surface area (Å²) in [5.74, 6) is 0.970. The van der Waals surface area contributed by atoms with Crippen molar-refractivity contribution in [2.45, 2.75) is 39.7 Å². The first-order valence-electron chi connectivity index (χ1n) is 6.97. The quantitative estimate of drug-likeness (QED) is 0.853. The van der Waals surface area contributed by atoms with E-state index in [9.17, 15) is 4.79 Å². The molecule has 3 rings (SSSR count). The predicted octanol–water partition coefficient (Wildman–Crippen LogP) is 2.44. The highest BCUT2D eigenvalue weighted by atomic mass is 32.1. The van der Waals surface area contributed by atoms with Gasteiger partial charge in [0.05, 0.1) is 5.56 Å². The zero-order valence-corrected chi connectivity index (χ0v) is 12.5. The van der Waals surface area contributed by atoms with Crippen molar-refractivity contribution in [3.05, 3.63) is 32.4 Å². The van der Waals surface area contributed by atoms with E-state index in [1.165, 1.54) is 11.3 Å². The largest absolute Gasteiger partial charge is 0.311 e. The van der Waals surface area contributed by atoms with Gasteiger partial charge in [0, 0.05) is 12.2 Å². The molecular formula is C14H18N4OS. The first-order chi connectivity index (χ1) is 9.56. The molecule has 6 heteroatoms. The number of aryl methyl sites for hydroxylation is 1. The second-order valence-electron chi connectivity index (χ2n) is 5.71. The van der Waals surface area contributed by atoms with E-state index < -0.39 is 0 Å². The number of aromatic amines is 2. The summed E-state index contributed by atoms with van der Waals surface area (Å²) in [6, 6.07) is 1.98. The SMILES string of the molecule is CC(C)Cn1c2c(cc(-c3nc(=S)[nH][nH]3)c1=O)CCC2. The molecule has 0 amide bonds. The Morgan fingerprint density at radius 3 is 2.85 bits per heavy atom. The molecule has 2 heterocycles. The van der Waals surface area contributed by atoms with Gasteiger partial charge in [0.25, 0.3) is 5.56 Å². The molecule has 0 radical (unpaired) electrons. The zero-order chi connectivity index (χ0) is 14.3. The van der Waals surface area contributed by atoms with Crippen LogP contribution in [0.1, 0.15) is 31.5 Å². The molecule has 2 aromatic heterocycles. The maximum absolute atomic E-state index is 12.7. The van der Waals surface area contributed by atoms with Crippen LogP contribution in [0.3, 0.4) is 0 Å². The van der Waals surface area contributed by atoms with Crippen molar-refractivity contribution in [1.82, 2.24) is 19.7 Å². The van der Waals surface area contributed by atoms with Crippen molar-refractivity contribution in [3.8, 4) is 11.4 Å². The molecule has 2 aromatic rings. The fraction of sp³-hybridized carbons (Fsp3) is 0.500. The van der Waals surface area contributed by atoms with E-state index in [-0.39, 0.29) is 5.56 Å². The summed E-state index contributed by atoms with van der Waals surface area (Å²) < 4.78 is 2.30. The van der Waals surface area contributed by atoms with Crippen molar-refractivity contribution in [1.29, 1.82) is 0 Å². The summed E-state index contributed by atoms with van der Waals surface area (Å²) in [4.78, 5) is 16.9. The lowest BCUT2D eigenvalue weighted by Gasteiger charge is -2.15. The molecule has 1 aliphatic carbocycles. The molecule has 0 aliphatic heterocycles. The number of fused-ring (bicyclic) bond motifs is 1. The third-order valence-electron chi connectivity index (χ3n) is 3.65. The van der Waals surface area contributed by atoms with E-state index in [2.05, 4.69) is 29.0 Å². The molecule has 0 unspecified atom stereocenters. The smallest absolute Gasteiger partial charge is 0.261 e. The highest BCUT2D eigenvalue weighted by molar-refractivity contribution is 7.71. The molecule has 0 fully saturated rings. The van der Waals surface area contributed by atoms with Crippen LogP contribution < -0.4 is 5.56 Å². The van der Waals surface area contributed by atoms with Crippen molar-refractivity contribution in [2.24, 2.45) is 5.92 Å². The summed E-state index contributed by atoms with van der Waals surface area (Å²) in [6.07, 6.45) is 3.15. The Kier molecular flexibility index (Phi) is 3.33.